The highest BCUT2D eigenvalue weighted by molar-refractivity contribution is 7.17. The number of pyridine rings is 1. The maximum Gasteiger partial charge on any atom is 0.330 e. The molecule has 9 nitrogen and oxygen atoms in total. The van der Waals surface area contributed by atoms with E-state index in [2.05, 4.69) is 21.9 Å². The third kappa shape index (κ3) is 5.39. The molecular formula is C23H30N6O3S. The van der Waals surface area contributed by atoms with Crippen LogP contribution >= 0.6 is 11.3 Å². The minimum atomic E-state index is -0.665. The molecule has 0 aromatic carbocycles. The molecule has 10 heteroatoms. The van der Waals surface area contributed by atoms with Crippen molar-refractivity contribution in [3.63, 3.8) is 0 Å². The first-order chi connectivity index (χ1) is 15.9. The zero-order valence-corrected chi connectivity index (χ0v) is 20.1. The van der Waals surface area contributed by atoms with Crippen LogP contribution in [0.15, 0.2) is 34.0 Å². The zero-order valence-electron chi connectivity index (χ0n) is 19.3. The van der Waals surface area contributed by atoms with Crippen molar-refractivity contribution in [2.75, 3.05) is 17.2 Å². The summed E-state index contributed by atoms with van der Waals surface area (Å²) < 4.78 is 1.33. The molecule has 0 spiro atoms. The van der Waals surface area contributed by atoms with Gasteiger partial charge in [-0.25, -0.2) is 9.78 Å². The maximum atomic E-state index is 13.7. The molecule has 0 unspecified atom stereocenters. The Bertz CT molecular complexity index is 1220. The van der Waals surface area contributed by atoms with Crippen molar-refractivity contribution in [2.45, 2.75) is 59.4 Å². The number of nitrogens with two attached hydrogens (primary N) is 1. The molecule has 3 heterocycles. The Morgan fingerprint density at radius 2 is 1.94 bits per heavy atom. The highest BCUT2D eigenvalue weighted by Crippen LogP contribution is 2.29. The number of thiazole rings is 1. The summed E-state index contributed by atoms with van der Waals surface area (Å²) in [5, 5.41) is 0.625. The highest BCUT2D eigenvalue weighted by atomic mass is 32.1. The molecular weight excluding hydrogens is 440 g/mol. The van der Waals surface area contributed by atoms with E-state index in [-0.39, 0.29) is 17.4 Å². The average Bonchev–Trinajstić information content (AvgIpc) is 3.19. The Balaban J connectivity index is 2.08. The molecule has 0 saturated carbocycles. The van der Waals surface area contributed by atoms with Gasteiger partial charge in [0.15, 0.2) is 5.69 Å². The van der Waals surface area contributed by atoms with Crippen LogP contribution in [-0.2, 0) is 6.54 Å². The van der Waals surface area contributed by atoms with Crippen molar-refractivity contribution >= 4 is 28.7 Å². The molecule has 0 aliphatic rings. The van der Waals surface area contributed by atoms with Gasteiger partial charge in [-0.1, -0.05) is 39.2 Å². The number of amides is 1. The maximum absolute atomic E-state index is 13.7. The summed E-state index contributed by atoms with van der Waals surface area (Å²) in [4.78, 5) is 51.9. The topological polar surface area (TPSA) is 127 Å². The quantitative estimate of drug-likeness (QED) is 0.436. The Kier molecular flexibility index (Phi) is 8.16. The van der Waals surface area contributed by atoms with Crippen molar-refractivity contribution in [3.8, 4) is 10.7 Å². The van der Waals surface area contributed by atoms with Crippen LogP contribution < -0.4 is 21.9 Å². The van der Waals surface area contributed by atoms with E-state index in [9.17, 15) is 14.4 Å². The van der Waals surface area contributed by atoms with E-state index in [0.717, 1.165) is 25.7 Å². The Morgan fingerprint density at radius 1 is 1.18 bits per heavy atom. The predicted octanol–water partition coefficient (Wildman–Crippen LogP) is 3.58. The van der Waals surface area contributed by atoms with Gasteiger partial charge in [0, 0.05) is 19.3 Å². The summed E-state index contributed by atoms with van der Waals surface area (Å²) in [6.07, 6.45) is 5.78. The number of hydrogen-bond donors (Lipinski definition) is 2. The van der Waals surface area contributed by atoms with Crippen LogP contribution in [0.25, 0.3) is 10.7 Å². The fourth-order valence-corrected chi connectivity index (χ4v) is 4.52. The summed E-state index contributed by atoms with van der Waals surface area (Å²) in [5.41, 5.74) is 6.32. The van der Waals surface area contributed by atoms with Gasteiger partial charge in [0.05, 0.1) is 11.4 Å². The zero-order chi connectivity index (χ0) is 24.0. The lowest BCUT2D eigenvalue weighted by Crippen LogP contribution is -2.41. The second-order valence-electron chi connectivity index (χ2n) is 7.81. The number of nitrogens with one attached hydrogen (secondary N) is 1. The van der Waals surface area contributed by atoms with Crippen molar-refractivity contribution in [3.05, 3.63) is 55.8 Å². The fourth-order valence-electron chi connectivity index (χ4n) is 3.53. The van der Waals surface area contributed by atoms with E-state index < -0.39 is 11.2 Å². The number of H-pyrrole nitrogens is 1. The molecule has 0 saturated heterocycles. The number of nitrogens with zero attached hydrogens (tertiary/aromatic N) is 4. The molecule has 0 radical (unpaired) electrons. The van der Waals surface area contributed by atoms with Crippen molar-refractivity contribution in [1.29, 1.82) is 0 Å². The van der Waals surface area contributed by atoms with Crippen molar-refractivity contribution in [1.82, 2.24) is 19.5 Å². The van der Waals surface area contributed by atoms with E-state index >= 15 is 0 Å². The molecule has 0 atom stereocenters. The number of aryl methyl sites for hydroxylation is 1. The predicted molar refractivity (Wildman–Crippen MR) is 132 cm³/mol. The SMILES string of the molecule is CCCCCN(C(=O)c1sc(-c2ccccn2)nc1C)c1c(N)n(CCCC)c(=O)[nH]c1=O. The third-order valence-electron chi connectivity index (χ3n) is 5.32. The van der Waals surface area contributed by atoms with Crippen LogP contribution in [0.1, 0.15) is 61.3 Å². The monoisotopic (exact) mass is 470 g/mol. The number of unbranched alkanes of at least 4 members (excludes halogenated alkanes) is 3. The number of rotatable bonds is 10. The standard InChI is InChI=1S/C23H30N6O3S/c1-4-6-10-14-28(17-19(24)29(13-7-5-2)23(32)27-20(17)30)22(31)18-15(3)26-21(33-18)16-11-8-9-12-25-16/h8-9,11-12H,4-7,10,13-14,24H2,1-3H3,(H,27,30,32). The molecule has 3 aromatic heterocycles. The van der Waals surface area contributed by atoms with Gasteiger partial charge in [-0.05, 0) is 31.9 Å². The van der Waals surface area contributed by atoms with Gasteiger partial charge in [0.1, 0.15) is 15.7 Å². The van der Waals surface area contributed by atoms with E-state index in [1.54, 1.807) is 13.1 Å². The minimum Gasteiger partial charge on any atom is -0.383 e. The Morgan fingerprint density at radius 3 is 2.61 bits per heavy atom. The average molecular weight is 471 g/mol. The lowest BCUT2D eigenvalue weighted by Gasteiger charge is -2.24. The van der Waals surface area contributed by atoms with Crippen LogP contribution in [0.5, 0.6) is 0 Å². The summed E-state index contributed by atoms with van der Waals surface area (Å²) in [5.74, 6) is -0.352. The first kappa shape index (κ1) is 24.4. The highest BCUT2D eigenvalue weighted by Gasteiger charge is 2.28. The summed E-state index contributed by atoms with van der Waals surface area (Å²) in [7, 11) is 0. The van der Waals surface area contributed by atoms with Crippen LogP contribution in [0.3, 0.4) is 0 Å². The molecule has 1 amide bonds. The fraction of sp³-hybridized carbons (Fsp3) is 0.435. The number of aromatic nitrogens is 4. The molecule has 0 aliphatic carbocycles. The number of hydrogen-bond acceptors (Lipinski definition) is 7. The Labute approximate surface area is 196 Å². The number of anilines is 2. The van der Waals surface area contributed by atoms with Gasteiger partial charge in [-0.2, -0.15) is 0 Å². The molecule has 176 valence electrons. The van der Waals surface area contributed by atoms with E-state index in [0.29, 0.717) is 40.8 Å². The minimum absolute atomic E-state index is 0.00849. The van der Waals surface area contributed by atoms with Crippen LogP contribution in [0.2, 0.25) is 0 Å². The molecule has 33 heavy (non-hydrogen) atoms. The van der Waals surface area contributed by atoms with Gasteiger partial charge < -0.3 is 5.73 Å². The first-order valence-electron chi connectivity index (χ1n) is 11.2. The molecule has 0 aliphatic heterocycles. The smallest absolute Gasteiger partial charge is 0.330 e. The molecule has 3 rings (SSSR count). The number of aromatic amines is 1. The van der Waals surface area contributed by atoms with Crippen LogP contribution in [-0.4, -0.2) is 32.0 Å². The molecule has 3 N–H and O–H groups in total. The van der Waals surface area contributed by atoms with E-state index in [1.807, 2.05) is 25.1 Å². The van der Waals surface area contributed by atoms with Gasteiger partial charge in [0.2, 0.25) is 0 Å². The second-order valence-corrected chi connectivity index (χ2v) is 8.81. The van der Waals surface area contributed by atoms with E-state index in [4.69, 9.17) is 5.73 Å². The molecule has 0 fully saturated rings. The second kappa shape index (κ2) is 11.0. The number of carbonyl (C=O) groups is 1. The number of nitrogen functional groups attached to an aromatic ring is 1. The van der Waals surface area contributed by atoms with Crippen molar-refractivity contribution in [2.24, 2.45) is 0 Å². The van der Waals surface area contributed by atoms with Gasteiger partial charge in [-0.3, -0.25) is 29.0 Å². The van der Waals surface area contributed by atoms with Gasteiger partial charge in [0.25, 0.3) is 11.5 Å². The van der Waals surface area contributed by atoms with Gasteiger partial charge in [-0.15, -0.1) is 11.3 Å². The normalized spacial score (nSPS) is 11.0. The Hall–Kier alpha value is -3.27. The number of carbonyl (C=O) groups excluding carboxylic acids is 1. The van der Waals surface area contributed by atoms with E-state index in [1.165, 1.54) is 20.8 Å². The van der Waals surface area contributed by atoms with Crippen LogP contribution in [0.4, 0.5) is 11.5 Å². The van der Waals surface area contributed by atoms with Crippen molar-refractivity contribution < 1.29 is 4.79 Å². The molecule has 3 aromatic rings. The summed E-state index contributed by atoms with van der Waals surface area (Å²) >= 11 is 1.23. The van der Waals surface area contributed by atoms with Gasteiger partial charge >= 0.3 is 5.69 Å². The summed E-state index contributed by atoms with van der Waals surface area (Å²) in [6.45, 7) is 6.49. The largest absolute Gasteiger partial charge is 0.383 e. The lowest BCUT2D eigenvalue weighted by atomic mass is 10.2. The third-order valence-corrected chi connectivity index (χ3v) is 6.49. The molecule has 0 bridgehead atoms. The lowest BCUT2D eigenvalue weighted by molar-refractivity contribution is 0.0989. The van der Waals surface area contributed by atoms with Crippen LogP contribution in [0, 0.1) is 6.92 Å². The summed E-state index contributed by atoms with van der Waals surface area (Å²) in [6, 6.07) is 5.50. The first-order valence-corrected chi connectivity index (χ1v) is 12.0.